The van der Waals surface area contributed by atoms with E-state index in [0.717, 1.165) is 33.3 Å². The van der Waals surface area contributed by atoms with E-state index in [2.05, 4.69) is 69.3 Å². The molecule has 4 nitrogen and oxygen atoms in total. The van der Waals surface area contributed by atoms with Crippen molar-refractivity contribution < 1.29 is 34.4 Å². The number of aliphatic hydroxyl groups is 1. The van der Waals surface area contributed by atoms with Crippen molar-refractivity contribution in [2.45, 2.75) is 40.0 Å². The molecule has 6 rings (SSSR count). The van der Waals surface area contributed by atoms with Gasteiger partial charge in [-0.2, -0.15) is 0 Å². The Balaban J connectivity index is 0.000000320. The van der Waals surface area contributed by atoms with Crippen LogP contribution < -0.4 is 0 Å². The van der Waals surface area contributed by atoms with Gasteiger partial charge in [0.05, 0.1) is 16.9 Å². The zero-order chi connectivity index (χ0) is 24.2. The minimum Gasteiger partial charge on any atom is -0.512 e. The molecule has 3 aromatic carbocycles. The van der Waals surface area contributed by atoms with Crippen LogP contribution in [0.3, 0.4) is 0 Å². The molecule has 0 bridgehead atoms. The van der Waals surface area contributed by atoms with Crippen LogP contribution in [0.4, 0.5) is 0 Å². The number of furan rings is 1. The van der Waals surface area contributed by atoms with Gasteiger partial charge >= 0.3 is 0 Å². The third-order valence-corrected chi connectivity index (χ3v) is 6.42. The van der Waals surface area contributed by atoms with E-state index in [1.165, 1.54) is 47.4 Å². The maximum absolute atomic E-state index is 10.0. The van der Waals surface area contributed by atoms with Crippen molar-refractivity contribution in [2.75, 3.05) is 0 Å². The minimum absolute atomic E-state index is 0. The number of pyridine rings is 1. The van der Waals surface area contributed by atoms with Crippen molar-refractivity contribution in [3.63, 3.8) is 0 Å². The molecule has 0 atom stereocenters. The van der Waals surface area contributed by atoms with E-state index in [-0.39, 0.29) is 37.1 Å². The molecule has 0 aliphatic heterocycles. The van der Waals surface area contributed by atoms with Gasteiger partial charge in [-0.3, -0.25) is 9.78 Å². The summed E-state index contributed by atoms with van der Waals surface area (Å²) in [6, 6.07) is 22.6. The average Bonchev–Trinajstić information content (AvgIpc) is 3.13. The summed E-state index contributed by atoms with van der Waals surface area (Å²) in [4.78, 5) is 15.1. The standard InChI is InChI=1S/C25H18NO.C5H8O2.Ir/c1-14-10-11-19-15(12-14)13-18-24(26-19)16-6-4-8-20-22(16)23-17(25(18,2)3)7-5-9-21(23)27-20;1-4(6)3-5(2)7;/h4-5,7-13H,1-3H3;3,6H,1-2H3;/q-1;;/b;4-3-;. The Hall–Kier alpha value is -3.27. The van der Waals surface area contributed by atoms with Crippen LogP contribution in [0, 0.1) is 13.0 Å². The Morgan fingerprint density at radius 1 is 1.03 bits per heavy atom. The van der Waals surface area contributed by atoms with E-state index in [4.69, 9.17) is 14.5 Å². The van der Waals surface area contributed by atoms with Crippen LogP contribution in [0.5, 0.6) is 0 Å². The number of aliphatic hydroxyl groups excluding tert-OH is 1. The number of aromatic nitrogens is 1. The van der Waals surface area contributed by atoms with Gasteiger partial charge in [0.15, 0.2) is 5.78 Å². The molecule has 1 aliphatic carbocycles. The van der Waals surface area contributed by atoms with Crippen LogP contribution >= 0.6 is 0 Å². The van der Waals surface area contributed by atoms with Gasteiger partial charge in [0.1, 0.15) is 5.58 Å². The van der Waals surface area contributed by atoms with Crippen LogP contribution in [0.15, 0.2) is 70.8 Å². The van der Waals surface area contributed by atoms with Gasteiger partial charge in [0.25, 0.3) is 0 Å². The Kier molecular flexibility index (Phi) is 6.44. The van der Waals surface area contributed by atoms with Gasteiger partial charge in [-0.1, -0.05) is 60.7 Å². The van der Waals surface area contributed by atoms with E-state index in [1.54, 1.807) is 0 Å². The summed E-state index contributed by atoms with van der Waals surface area (Å²) < 4.78 is 6.17. The number of carbonyl (C=O) groups is 1. The van der Waals surface area contributed by atoms with E-state index in [1.807, 2.05) is 12.1 Å². The molecule has 0 amide bonds. The molecule has 0 fully saturated rings. The predicted octanol–water partition coefficient (Wildman–Crippen LogP) is 7.58. The second-order valence-corrected chi connectivity index (χ2v) is 9.47. The molecule has 0 saturated carbocycles. The van der Waals surface area contributed by atoms with Gasteiger partial charge in [-0.25, -0.2) is 0 Å². The molecule has 35 heavy (non-hydrogen) atoms. The molecule has 1 N–H and O–H groups in total. The van der Waals surface area contributed by atoms with Crippen molar-refractivity contribution in [1.82, 2.24) is 4.98 Å². The van der Waals surface area contributed by atoms with E-state index < -0.39 is 0 Å². The number of aryl methyl sites for hydroxylation is 1. The number of nitrogens with zero attached hydrogens (tertiary/aromatic N) is 1. The first-order chi connectivity index (χ1) is 16.2. The number of fused-ring (bicyclic) bond motifs is 3. The predicted molar refractivity (Wildman–Crippen MR) is 137 cm³/mol. The minimum atomic E-state index is -0.191. The van der Waals surface area contributed by atoms with Crippen molar-refractivity contribution in [2.24, 2.45) is 0 Å². The van der Waals surface area contributed by atoms with Gasteiger partial charge in [0, 0.05) is 31.6 Å². The van der Waals surface area contributed by atoms with Gasteiger partial charge in [-0.05, 0) is 61.0 Å². The monoisotopic (exact) mass is 641 g/mol. The molecule has 0 spiro atoms. The summed E-state index contributed by atoms with van der Waals surface area (Å²) in [7, 11) is 0. The van der Waals surface area contributed by atoms with Crippen LogP contribution in [-0.2, 0) is 30.3 Å². The third-order valence-electron chi connectivity index (χ3n) is 6.42. The van der Waals surface area contributed by atoms with E-state index in [9.17, 15) is 4.79 Å². The van der Waals surface area contributed by atoms with Crippen LogP contribution in [0.25, 0.3) is 44.1 Å². The van der Waals surface area contributed by atoms with E-state index in [0.29, 0.717) is 0 Å². The molecule has 2 aromatic heterocycles. The molecule has 179 valence electrons. The second-order valence-electron chi connectivity index (χ2n) is 9.47. The summed E-state index contributed by atoms with van der Waals surface area (Å²) in [5, 5.41) is 11.9. The first-order valence-corrected chi connectivity index (χ1v) is 11.3. The molecule has 1 radical (unpaired) electrons. The molecule has 5 aromatic rings. The number of rotatable bonds is 1. The summed E-state index contributed by atoms with van der Waals surface area (Å²) in [5.41, 5.74) is 8.50. The fraction of sp³-hybridized carbons (Fsp3) is 0.200. The Labute approximate surface area is 218 Å². The third kappa shape index (κ3) is 4.20. The number of ketones is 1. The zero-order valence-electron chi connectivity index (χ0n) is 20.3. The molecule has 0 saturated heterocycles. The molecule has 2 heterocycles. The smallest absolute Gasteiger partial charge is 0.155 e. The van der Waals surface area contributed by atoms with Crippen molar-refractivity contribution in [3.8, 4) is 11.3 Å². The average molecular weight is 641 g/mol. The van der Waals surface area contributed by atoms with Crippen LogP contribution in [-0.4, -0.2) is 15.9 Å². The fourth-order valence-electron chi connectivity index (χ4n) is 4.91. The quantitative estimate of drug-likeness (QED) is 0.117. The van der Waals surface area contributed by atoms with E-state index >= 15 is 0 Å². The fourth-order valence-corrected chi connectivity index (χ4v) is 4.91. The molecular weight excluding hydrogens is 615 g/mol. The van der Waals surface area contributed by atoms with Crippen molar-refractivity contribution >= 4 is 38.6 Å². The number of hydrogen-bond donors (Lipinski definition) is 1. The summed E-state index contributed by atoms with van der Waals surface area (Å²) in [5.74, 6) is -0.0625. The Bertz CT molecular complexity index is 1640. The summed E-state index contributed by atoms with van der Waals surface area (Å²) in [6.45, 7) is 9.55. The first-order valence-electron chi connectivity index (χ1n) is 11.3. The van der Waals surface area contributed by atoms with Gasteiger partial charge < -0.3 is 9.52 Å². The first kappa shape index (κ1) is 24.8. The largest absolute Gasteiger partial charge is 0.512 e. The molecule has 0 unspecified atom stereocenters. The topological polar surface area (TPSA) is 63.3 Å². The normalized spacial score (nSPS) is 13.7. The maximum atomic E-state index is 10.0. The zero-order valence-corrected chi connectivity index (χ0v) is 22.7. The summed E-state index contributed by atoms with van der Waals surface area (Å²) >= 11 is 0. The second kappa shape index (κ2) is 9.07. The number of allylic oxidation sites excluding steroid dienone is 2. The maximum Gasteiger partial charge on any atom is 0.155 e. The van der Waals surface area contributed by atoms with Crippen LogP contribution in [0.2, 0.25) is 0 Å². The number of carbonyl (C=O) groups excluding carboxylic acids is 1. The number of hydrogen-bond acceptors (Lipinski definition) is 4. The molecular formula is C30H26IrNO3-. The molecule has 1 aliphatic rings. The summed E-state index contributed by atoms with van der Waals surface area (Å²) in [6.07, 6.45) is 1.17. The Morgan fingerprint density at radius 2 is 1.77 bits per heavy atom. The van der Waals surface area contributed by atoms with Gasteiger partial charge in [0.2, 0.25) is 0 Å². The van der Waals surface area contributed by atoms with Crippen LogP contribution in [0.1, 0.15) is 44.4 Å². The van der Waals surface area contributed by atoms with Gasteiger partial charge in [-0.15, -0.1) is 17.7 Å². The SMILES string of the molecule is CC(=O)/C=C(/C)O.Cc1ccc2nc3c(cc2c1)C(C)(C)c1cccc2oc4cc[c-]c-3c4c12.[Ir]. The Morgan fingerprint density at radius 3 is 2.46 bits per heavy atom. The number of benzene rings is 3. The van der Waals surface area contributed by atoms with Crippen molar-refractivity contribution in [1.29, 1.82) is 0 Å². The molecule has 5 heteroatoms. The van der Waals surface area contributed by atoms with Crippen molar-refractivity contribution in [3.05, 3.63) is 89.2 Å².